The van der Waals surface area contributed by atoms with Gasteiger partial charge in [-0.1, -0.05) is 56.3 Å². The second-order valence-electron chi connectivity index (χ2n) is 8.79. The van der Waals surface area contributed by atoms with E-state index in [9.17, 15) is 9.59 Å². The van der Waals surface area contributed by atoms with Gasteiger partial charge in [-0.05, 0) is 83.0 Å². The lowest BCUT2D eigenvalue weighted by Crippen LogP contribution is -2.07. The molecule has 0 bridgehead atoms. The second-order valence-corrected chi connectivity index (χ2v) is 9.64. The number of methoxy groups -OCH3 is 2. The normalized spacial score (nSPS) is 9.47. The number of para-hydroxylation sites is 2. The molecular weight excluding hydrogens is 981 g/mol. The minimum atomic E-state index is -0.434. The van der Waals surface area contributed by atoms with Crippen LogP contribution in [0.15, 0.2) is 108 Å². The molecule has 4 aromatic carbocycles. The third-order valence-corrected chi connectivity index (χ3v) is 6.43. The van der Waals surface area contributed by atoms with Gasteiger partial charge in [-0.3, -0.25) is 0 Å². The van der Waals surface area contributed by atoms with Crippen LogP contribution in [0.3, 0.4) is 0 Å². The number of esters is 2. The van der Waals surface area contributed by atoms with Gasteiger partial charge in [0.1, 0.15) is 28.8 Å². The molecule has 0 saturated heterocycles. The first-order chi connectivity index (χ1) is 21.4. The highest BCUT2D eigenvalue weighted by Crippen LogP contribution is 2.29. The van der Waals surface area contributed by atoms with E-state index in [4.69, 9.17) is 18.9 Å². The van der Waals surface area contributed by atoms with Crippen LogP contribution in [-0.2, 0) is 14.2 Å². The number of rotatable bonds is 11. The average molecular weight is 1020 g/mol. The van der Waals surface area contributed by atoms with Crippen LogP contribution in [-0.4, -0.2) is 32.8 Å². The number of benzene rings is 4. The maximum Gasteiger partial charge on any atom is 0.339 e. The lowest BCUT2D eigenvalue weighted by Gasteiger charge is -2.14. The molecule has 0 amide bonds. The van der Waals surface area contributed by atoms with E-state index in [-0.39, 0.29) is 29.9 Å². The summed E-state index contributed by atoms with van der Waals surface area (Å²) in [5.41, 5.74) is 1.45. The van der Waals surface area contributed by atoms with Crippen molar-refractivity contribution in [2.75, 3.05) is 20.8 Å². The molecule has 0 aliphatic carbocycles. The van der Waals surface area contributed by atoms with E-state index in [1.54, 1.807) is 36.4 Å². The van der Waals surface area contributed by atoms with Crippen molar-refractivity contribution in [2.24, 2.45) is 0 Å². The van der Waals surface area contributed by atoms with Crippen molar-refractivity contribution >= 4 is 94.8 Å². The topological polar surface area (TPSA) is 80.3 Å². The summed E-state index contributed by atoms with van der Waals surface area (Å²) in [5.74, 6) is 2.33. The van der Waals surface area contributed by atoms with Crippen molar-refractivity contribution in [1.29, 1.82) is 0 Å². The zero-order valence-electron chi connectivity index (χ0n) is 25.0. The third kappa shape index (κ3) is 13.9. The molecule has 0 aromatic heterocycles. The molecule has 240 valence electrons. The zero-order valence-corrected chi connectivity index (χ0v) is 33.2. The van der Waals surface area contributed by atoms with Crippen LogP contribution in [0.5, 0.6) is 23.0 Å². The zero-order chi connectivity index (χ0) is 32.3. The predicted octanol–water partition coefficient (Wildman–Crippen LogP) is 11.5. The Morgan fingerprint density at radius 3 is 1.62 bits per heavy atom. The van der Waals surface area contributed by atoms with Gasteiger partial charge in [-0.2, -0.15) is 0 Å². The molecule has 0 spiro atoms. The van der Waals surface area contributed by atoms with Crippen molar-refractivity contribution < 1.29 is 33.3 Å². The molecule has 0 aliphatic rings. The summed E-state index contributed by atoms with van der Waals surface area (Å²) >= 11 is 7.56. The van der Waals surface area contributed by atoms with Gasteiger partial charge in [-0.15, -0.1) is 24.0 Å². The van der Waals surface area contributed by atoms with Gasteiger partial charge in [0.25, 0.3) is 0 Å². The number of halogens is 4. The quantitative estimate of drug-likeness (QED) is 0.0641. The fraction of sp³-hybridized carbons (Fsp3) is 0.176. The molecule has 0 unspecified atom stereocenters. The number of ether oxygens (including phenoxy) is 5. The lowest BCUT2D eigenvalue weighted by molar-refractivity contribution is 0.0590. The van der Waals surface area contributed by atoms with Crippen molar-refractivity contribution in [2.45, 2.75) is 19.8 Å². The Bertz CT molecular complexity index is 1490. The third-order valence-electron chi connectivity index (χ3n) is 5.77. The fourth-order valence-corrected chi connectivity index (χ4v) is 4.13. The van der Waals surface area contributed by atoms with Crippen LogP contribution in [0.2, 0.25) is 0 Å². The first-order valence-electron chi connectivity index (χ1n) is 13.4. The molecule has 0 fully saturated rings. The fourth-order valence-electron chi connectivity index (χ4n) is 3.61. The SMILES string of the molecule is C=C(OCCCC)c1cc(Oc2ccccc2)ccc1C(=O)OC.COC(=O)c1ccc(Oc2ccccc2)cc1Br.I.II. The van der Waals surface area contributed by atoms with Crippen LogP contribution >= 0.6 is 77.1 Å². The Kier molecular flexibility index (Phi) is 20.8. The summed E-state index contributed by atoms with van der Waals surface area (Å²) < 4.78 is 27.3. The Balaban J connectivity index is 0.000000431. The van der Waals surface area contributed by atoms with Gasteiger partial charge in [0, 0.05) is 47.3 Å². The molecule has 0 heterocycles. The number of hydrogen-bond acceptors (Lipinski definition) is 7. The monoisotopic (exact) mass is 1010 g/mol. The molecule has 0 atom stereocenters. The van der Waals surface area contributed by atoms with E-state index in [0.717, 1.165) is 18.6 Å². The molecule has 0 aliphatic heterocycles. The largest absolute Gasteiger partial charge is 0.494 e. The Hall–Kier alpha value is -2.37. The molecule has 11 heteroatoms. The van der Waals surface area contributed by atoms with Crippen LogP contribution in [0.1, 0.15) is 46.0 Å². The van der Waals surface area contributed by atoms with Gasteiger partial charge < -0.3 is 23.7 Å². The van der Waals surface area contributed by atoms with Gasteiger partial charge in [0.05, 0.1) is 32.0 Å². The van der Waals surface area contributed by atoms with Crippen molar-refractivity contribution in [3.63, 3.8) is 0 Å². The molecular formula is C34H34BrI3O7. The minimum absolute atomic E-state index is 0. The molecule has 0 N–H and O–H groups in total. The van der Waals surface area contributed by atoms with E-state index < -0.39 is 5.97 Å². The Morgan fingerprint density at radius 2 is 1.16 bits per heavy atom. The van der Waals surface area contributed by atoms with Gasteiger partial charge >= 0.3 is 11.9 Å². The van der Waals surface area contributed by atoms with Crippen LogP contribution in [0.4, 0.5) is 0 Å². The molecule has 0 radical (unpaired) electrons. The molecule has 45 heavy (non-hydrogen) atoms. The van der Waals surface area contributed by atoms with Gasteiger partial charge in [-0.25, -0.2) is 9.59 Å². The van der Waals surface area contributed by atoms with Crippen molar-refractivity contribution in [3.05, 3.63) is 125 Å². The number of hydrogen-bond donors (Lipinski definition) is 0. The summed E-state index contributed by atoms with van der Waals surface area (Å²) in [6.45, 7) is 6.58. The average Bonchev–Trinajstić information content (AvgIpc) is 3.06. The van der Waals surface area contributed by atoms with Crippen LogP contribution < -0.4 is 9.47 Å². The Morgan fingerprint density at radius 1 is 0.689 bits per heavy atom. The summed E-state index contributed by atoms with van der Waals surface area (Å²) in [4.78, 5) is 23.4. The standard InChI is InChI=1S/C20H22O4.C14H11BrO3.I2.HI/c1-4-5-13-23-15(2)19-14-17(11-12-18(19)20(21)22-3)24-16-9-7-6-8-10-16;1-17-14(16)12-8-7-11(9-13(12)15)18-10-5-3-2-4-6-10;1-2;/h6-12,14H,2,4-5,13H2,1,3H3;2-9H,1H3;;1H. The van der Waals surface area contributed by atoms with E-state index in [1.807, 2.05) is 60.7 Å². The van der Waals surface area contributed by atoms with E-state index in [2.05, 4.69) is 71.4 Å². The summed E-state index contributed by atoms with van der Waals surface area (Å²) in [6.07, 6.45) is 1.95. The summed E-state index contributed by atoms with van der Waals surface area (Å²) in [7, 11) is 2.70. The van der Waals surface area contributed by atoms with Crippen molar-refractivity contribution in [1.82, 2.24) is 0 Å². The maximum absolute atomic E-state index is 12.0. The molecule has 4 aromatic rings. The highest BCUT2D eigenvalue weighted by molar-refractivity contribution is 15.0. The first-order valence-corrected chi connectivity index (χ1v) is 20.5. The van der Waals surface area contributed by atoms with Gasteiger partial charge in [0.15, 0.2) is 0 Å². The first kappa shape index (κ1) is 40.7. The van der Waals surface area contributed by atoms with Crippen molar-refractivity contribution in [3.8, 4) is 23.0 Å². The predicted molar refractivity (Wildman–Crippen MR) is 210 cm³/mol. The van der Waals surface area contributed by atoms with E-state index in [1.165, 1.54) is 14.2 Å². The number of unbranched alkanes of at least 4 members (excludes halogenated alkanes) is 1. The Labute approximate surface area is 313 Å². The number of carbonyl (C=O) groups excluding carboxylic acids is 2. The maximum atomic E-state index is 12.0. The number of carbonyl (C=O) groups is 2. The smallest absolute Gasteiger partial charge is 0.339 e. The highest BCUT2D eigenvalue weighted by Gasteiger charge is 2.17. The highest BCUT2D eigenvalue weighted by atomic mass is 128. The minimum Gasteiger partial charge on any atom is -0.494 e. The summed E-state index contributed by atoms with van der Waals surface area (Å²) in [6, 6.07) is 29.1. The van der Waals surface area contributed by atoms with Gasteiger partial charge in [0.2, 0.25) is 0 Å². The summed E-state index contributed by atoms with van der Waals surface area (Å²) in [5, 5.41) is 0. The van der Waals surface area contributed by atoms with E-state index >= 15 is 0 Å². The molecule has 0 saturated carbocycles. The van der Waals surface area contributed by atoms with Crippen LogP contribution in [0.25, 0.3) is 5.76 Å². The second kappa shape index (κ2) is 23.0. The van der Waals surface area contributed by atoms with Crippen LogP contribution in [0, 0.1) is 0 Å². The lowest BCUT2D eigenvalue weighted by atomic mass is 10.1. The molecule has 4 rings (SSSR count). The molecule has 7 nitrogen and oxygen atoms in total. The van der Waals surface area contributed by atoms with E-state index in [0.29, 0.717) is 50.8 Å².